The molecule has 0 saturated heterocycles. The van der Waals surface area contributed by atoms with Crippen molar-refractivity contribution >= 4 is 11.6 Å². The predicted octanol–water partition coefficient (Wildman–Crippen LogP) is 3.59. The summed E-state index contributed by atoms with van der Waals surface area (Å²) >= 11 is 0. The Kier molecular flexibility index (Phi) is 3.29. The maximum Gasteiger partial charge on any atom is 0.278 e. The zero-order valence-electron chi connectivity index (χ0n) is 10.6. The summed E-state index contributed by atoms with van der Waals surface area (Å²) in [6, 6.07) is 18.7. The van der Waals surface area contributed by atoms with E-state index in [9.17, 15) is 4.79 Å². The summed E-state index contributed by atoms with van der Waals surface area (Å²) in [7, 11) is 0. The Hall–Kier alpha value is -2.88. The van der Waals surface area contributed by atoms with Crippen LogP contribution >= 0.6 is 0 Å². The lowest BCUT2D eigenvalue weighted by atomic mass is 10.1. The Balaban J connectivity index is 1.88. The van der Waals surface area contributed by atoms with E-state index in [1.807, 2.05) is 60.7 Å². The van der Waals surface area contributed by atoms with Crippen LogP contribution in [0.15, 0.2) is 71.5 Å². The Morgan fingerprint density at radius 3 is 2.30 bits per heavy atom. The van der Waals surface area contributed by atoms with E-state index < -0.39 is 0 Å². The number of carbonyl (C=O) groups excluding carboxylic acids is 1. The second kappa shape index (κ2) is 5.40. The average Bonchev–Trinajstić information content (AvgIpc) is 2.99. The number of para-hydroxylation sites is 1. The van der Waals surface area contributed by atoms with Crippen LogP contribution < -0.4 is 5.32 Å². The van der Waals surface area contributed by atoms with Crippen molar-refractivity contribution in [2.45, 2.75) is 0 Å². The number of rotatable bonds is 3. The standard InChI is InChI=1S/C16H12N2O2/c19-16(18-13-9-5-2-6-10-13)14-15(20-11-17-14)12-7-3-1-4-8-12/h1-11H,(H,18,19). The van der Waals surface area contributed by atoms with Crippen LogP contribution in [0, 0.1) is 0 Å². The highest BCUT2D eigenvalue weighted by Gasteiger charge is 2.17. The molecule has 0 saturated carbocycles. The van der Waals surface area contributed by atoms with Crippen LogP contribution in [-0.2, 0) is 0 Å². The van der Waals surface area contributed by atoms with Gasteiger partial charge in [0.2, 0.25) is 0 Å². The van der Waals surface area contributed by atoms with Crippen LogP contribution in [-0.4, -0.2) is 10.9 Å². The van der Waals surface area contributed by atoms with Crippen LogP contribution in [0.25, 0.3) is 11.3 Å². The van der Waals surface area contributed by atoms with Crippen molar-refractivity contribution in [3.8, 4) is 11.3 Å². The highest BCUT2D eigenvalue weighted by Crippen LogP contribution is 2.23. The quantitative estimate of drug-likeness (QED) is 0.786. The first-order valence-corrected chi connectivity index (χ1v) is 6.20. The van der Waals surface area contributed by atoms with E-state index in [0.29, 0.717) is 5.76 Å². The maximum atomic E-state index is 12.2. The van der Waals surface area contributed by atoms with Gasteiger partial charge in [-0.1, -0.05) is 48.5 Å². The molecule has 4 nitrogen and oxygen atoms in total. The molecule has 0 fully saturated rings. The topological polar surface area (TPSA) is 55.1 Å². The van der Waals surface area contributed by atoms with Gasteiger partial charge in [0.25, 0.3) is 5.91 Å². The number of amides is 1. The highest BCUT2D eigenvalue weighted by atomic mass is 16.3. The third kappa shape index (κ3) is 2.44. The lowest BCUT2D eigenvalue weighted by molar-refractivity contribution is 0.102. The van der Waals surface area contributed by atoms with Crippen molar-refractivity contribution in [3.63, 3.8) is 0 Å². The summed E-state index contributed by atoms with van der Waals surface area (Å²) in [5.74, 6) is 0.183. The van der Waals surface area contributed by atoms with Crippen molar-refractivity contribution in [3.05, 3.63) is 72.8 Å². The molecule has 1 aromatic heterocycles. The van der Waals surface area contributed by atoms with E-state index in [1.54, 1.807) is 0 Å². The van der Waals surface area contributed by atoms with Gasteiger partial charge in [0, 0.05) is 11.3 Å². The minimum Gasteiger partial charge on any atom is -0.443 e. The maximum absolute atomic E-state index is 12.2. The normalized spacial score (nSPS) is 10.2. The fraction of sp³-hybridized carbons (Fsp3) is 0. The summed E-state index contributed by atoms with van der Waals surface area (Å²) in [4.78, 5) is 16.2. The Morgan fingerprint density at radius 2 is 1.60 bits per heavy atom. The number of anilines is 1. The van der Waals surface area contributed by atoms with E-state index in [-0.39, 0.29) is 11.6 Å². The number of nitrogens with one attached hydrogen (secondary N) is 1. The highest BCUT2D eigenvalue weighted by molar-refractivity contribution is 6.06. The molecule has 0 aliphatic rings. The van der Waals surface area contributed by atoms with Crippen molar-refractivity contribution < 1.29 is 9.21 Å². The lowest BCUT2D eigenvalue weighted by Crippen LogP contribution is -2.13. The number of nitrogens with zero attached hydrogens (tertiary/aromatic N) is 1. The van der Waals surface area contributed by atoms with Gasteiger partial charge in [0.05, 0.1) is 0 Å². The van der Waals surface area contributed by atoms with Crippen LogP contribution in [0.3, 0.4) is 0 Å². The summed E-state index contributed by atoms with van der Waals surface area (Å²) < 4.78 is 5.34. The molecule has 0 bridgehead atoms. The predicted molar refractivity (Wildman–Crippen MR) is 76.3 cm³/mol. The fourth-order valence-electron chi connectivity index (χ4n) is 1.91. The molecular weight excluding hydrogens is 252 g/mol. The summed E-state index contributed by atoms with van der Waals surface area (Å²) in [5, 5.41) is 2.79. The lowest BCUT2D eigenvalue weighted by Gasteiger charge is -2.04. The van der Waals surface area contributed by atoms with Gasteiger partial charge < -0.3 is 9.73 Å². The second-order valence-electron chi connectivity index (χ2n) is 4.22. The van der Waals surface area contributed by atoms with Crippen molar-refractivity contribution in [1.29, 1.82) is 0 Å². The van der Waals surface area contributed by atoms with Gasteiger partial charge in [-0.3, -0.25) is 4.79 Å². The first kappa shape index (κ1) is 12.2. The van der Waals surface area contributed by atoms with E-state index in [0.717, 1.165) is 11.3 Å². The van der Waals surface area contributed by atoms with Gasteiger partial charge in [-0.05, 0) is 12.1 Å². The van der Waals surface area contributed by atoms with E-state index >= 15 is 0 Å². The summed E-state index contributed by atoms with van der Waals surface area (Å²) in [5.41, 5.74) is 1.82. The molecule has 2 aromatic carbocycles. The largest absolute Gasteiger partial charge is 0.443 e. The molecule has 20 heavy (non-hydrogen) atoms. The van der Waals surface area contributed by atoms with Crippen molar-refractivity contribution in [2.24, 2.45) is 0 Å². The van der Waals surface area contributed by atoms with Gasteiger partial charge in [-0.25, -0.2) is 4.98 Å². The summed E-state index contributed by atoms with van der Waals surface area (Å²) in [6.45, 7) is 0. The van der Waals surface area contributed by atoms with E-state index in [4.69, 9.17) is 4.42 Å². The summed E-state index contributed by atoms with van der Waals surface area (Å²) in [6.07, 6.45) is 1.28. The molecule has 0 radical (unpaired) electrons. The minimum atomic E-state index is -0.288. The van der Waals surface area contributed by atoms with Crippen LogP contribution in [0.4, 0.5) is 5.69 Å². The number of hydrogen-bond donors (Lipinski definition) is 1. The molecule has 4 heteroatoms. The molecule has 1 N–H and O–H groups in total. The molecular formula is C16H12N2O2. The average molecular weight is 264 g/mol. The number of benzene rings is 2. The first-order valence-electron chi connectivity index (χ1n) is 6.20. The van der Waals surface area contributed by atoms with Crippen LogP contribution in [0.2, 0.25) is 0 Å². The first-order chi connectivity index (χ1) is 9.84. The second-order valence-corrected chi connectivity index (χ2v) is 4.22. The van der Waals surface area contributed by atoms with Crippen molar-refractivity contribution in [2.75, 3.05) is 5.32 Å². The number of oxazole rings is 1. The van der Waals surface area contributed by atoms with Gasteiger partial charge >= 0.3 is 0 Å². The molecule has 0 spiro atoms. The van der Waals surface area contributed by atoms with Gasteiger partial charge in [-0.2, -0.15) is 0 Å². The molecule has 1 amide bonds. The molecule has 0 atom stereocenters. The Bertz CT molecular complexity index is 706. The molecule has 3 rings (SSSR count). The van der Waals surface area contributed by atoms with E-state index in [1.165, 1.54) is 6.39 Å². The zero-order chi connectivity index (χ0) is 13.8. The molecule has 0 unspecified atom stereocenters. The number of carbonyl (C=O) groups is 1. The zero-order valence-corrected chi connectivity index (χ0v) is 10.6. The molecule has 0 aliphatic carbocycles. The van der Waals surface area contributed by atoms with Crippen LogP contribution in [0.1, 0.15) is 10.5 Å². The van der Waals surface area contributed by atoms with Gasteiger partial charge in [0.15, 0.2) is 17.8 Å². The smallest absolute Gasteiger partial charge is 0.278 e. The van der Waals surface area contributed by atoms with Crippen molar-refractivity contribution in [1.82, 2.24) is 4.98 Å². The Labute approximate surface area is 116 Å². The molecule has 1 heterocycles. The third-order valence-electron chi connectivity index (χ3n) is 2.85. The van der Waals surface area contributed by atoms with Gasteiger partial charge in [-0.15, -0.1) is 0 Å². The fourth-order valence-corrected chi connectivity index (χ4v) is 1.91. The number of hydrogen-bond acceptors (Lipinski definition) is 3. The third-order valence-corrected chi connectivity index (χ3v) is 2.85. The molecule has 98 valence electrons. The van der Waals surface area contributed by atoms with E-state index in [2.05, 4.69) is 10.3 Å². The molecule has 3 aromatic rings. The van der Waals surface area contributed by atoms with Crippen LogP contribution in [0.5, 0.6) is 0 Å². The Morgan fingerprint density at radius 1 is 0.950 bits per heavy atom. The van der Waals surface area contributed by atoms with Gasteiger partial charge in [0.1, 0.15) is 0 Å². The monoisotopic (exact) mass is 264 g/mol. The SMILES string of the molecule is O=C(Nc1ccccc1)c1ncoc1-c1ccccc1. The minimum absolute atomic E-state index is 0.278. The number of aromatic nitrogens is 1. The molecule has 0 aliphatic heterocycles.